The van der Waals surface area contributed by atoms with E-state index in [1.165, 1.54) is 41.0 Å². The van der Waals surface area contributed by atoms with Crippen LogP contribution >= 0.6 is 11.8 Å². The van der Waals surface area contributed by atoms with E-state index in [4.69, 9.17) is 4.74 Å². The molecule has 0 bridgehead atoms. The van der Waals surface area contributed by atoms with Crippen molar-refractivity contribution in [2.24, 2.45) is 0 Å². The van der Waals surface area contributed by atoms with Gasteiger partial charge >= 0.3 is 6.09 Å². The lowest BCUT2D eigenvalue weighted by Crippen LogP contribution is -2.15. The minimum Gasteiger partial charge on any atom is -0.449 e. The SMILES string of the molecule is CCOC(=O)n1c(SCc2ccc([N+](=O)[O-])cc2)nc2cncnc21. The van der Waals surface area contributed by atoms with Gasteiger partial charge in [-0.3, -0.25) is 10.1 Å². The van der Waals surface area contributed by atoms with Gasteiger partial charge in [0.15, 0.2) is 10.8 Å². The number of hydrogen-bond acceptors (Lipinski definition) is 8. The molecular weight excluding hydrogens is 346 g/mol. The van der Waals surface area contributed by atoms with Crippen LogP contribution in [0.25, 0.3) is 11.2 Å². The summed E-state index contributed by atoms with van der Waals surface area (Å²) in [5.74, 6) is 0.480. The summed E-state index contributed by atoms with van der Waals surface area (Å²) in [6, 6.07) is 6.22. The molecule has 1 aromatic carbocycles. The second-order valence-corrected chi connectivity index (χ2v) is 5.82. The number of non-ortho nitro benzene ring substituents is 1. The number of imidazole rings is 1. The van der Waals surface area contributed by atoms with Crippen LogP contribution in [0.15, 0.2) is 41.9 Å². The summed E-state index contributed by atoms with van der Waals surface area (Å²) in [4.78, 5) is 34.8. The Bertz CT molecular complexity index is 925. The highest BCUT2D eigenvalue weighted by Gasteiger charge is 2.19. The molecule has 0 unspecified atom stereocenters. The van der Waals surface area contributed by atoms with Gasteiger partial charge in [0.2, 0.25) is 0 Å². The number of nitrogens with zero attached hydrogens (tertiary/aromatic N) is 5. The van der Waals surface area contributed by atoms with Crippen molar-refractivity contribution in [2.45, 2.75) is 17.8 Å². The fourth-order valence-corrected chi connectivity index (χ4v) is 3.06. The van der Waals surface area contributed by atoms with E-state index in [9.17, 15) is 14.9 Å². The summed E-state index contributed by atoms with van der Waals surface area (Å²) < 4.78 is 6.37. The zero-order chi connectivity index (χ0) is 17.8. The van der Waals surface area contributed by atoms with E-state index in [0.717, 1.165) is 5.56 Å². The fraction of sp³-hybridized carbons (Fsp3) is 0.200. The molecule has 0 radical (unpaired) electrons. The Kier molecular flexibility index (Phi) is 4.89. The van der Waals surface area contributed by atoms with Crippen molar-refractivity contribution in [3.63, 3.8) is 0 Å². The van der Waals surface area contributed by atoms with Crippen molar-refractivity contribution in [3.8, 4) is 0 Å². The lowest BCUT2D eigenvalue weighted by Gasteiger charge is -2.06. The molecule has 0 aliphatic carbocycles. The van der Waals surface area contributed by atoms with Crippen LogP contribution in [0, 0.1) is 10.1 Å². The minimum atomic E-state index is -0.560. The molecule has 3 rings (SSSR count). The van der Waals surface area contributed by atoms with Crippen molar-refractivity contribution < 1.29 is 14.5 Å². The van der Waals surface area contributed by atoms with E-state index in [1.54, 1.807) is 19.1 Å². The summed E-state index contributed by atoms with van der Waals surface area (Å²) in [7, 11) is 0. The second kappa shape index (κ2) is 7.26. The first-order chi connectivity index (χ1) is 12.1. The van der Waals surface area contributed by atoms with Gasteiger partial charge in [-0.1, -0.05) is 23.9 Å². The molecule has 0 aliphatic rings. The number of aromatic nitrogens is 4. The predicted octanol–water partition coefficient (Wildman–Crippen LogP) is 3.03. The number of carbonyl (C=O) groups excluding carboxylic acids is 1. The van der Waals surface area contributed by atoms with Gasteiger partial charge in [-0.15, -0.1) is 0 Å². The van der Waals surface area contributed by atoms with Crippen LogP contribution in [0.2, 0.25) is 0 Å². The third kappa shape index (κ3) is 3.58. The first-order valence-corrected chi connectivity index (χ1v) is 8.30. The Labute approximate surface area is 146 Å². The predicted molar refractivity (Wildman–Crippen MR) is 90.4 cm³/mol. The zero-order valence-electron chi connectivity index (χ0n) is 13.2. The fourth-order valence-electron chi connectivity index (χ4n) is 2.12. The van der Waals surface area contributed by atoms with Gasteiger partial charge in [0.1, 0.15) is 11.8 Å². The first-order valence-electron chi connectivity index (χ1n) is 7.32. The number of nitro benzene ring substituents is 1. The third-order valence-corrected chi connectivity index (χ3v) is 4.27. The lowest BCUT2D eigenvalue weighted by atomic mass is 10.2. The maximum Gasteiger partial charge on any atom is 0.421 e. The molecule has 2 heterocycles. The Morgan fingerprint density at radius 2 is 2.12 bits per heavy atom. The summed E-state index contributed by atoms with van der Waals surface area (Å²) >= 11 is 1.31. The average Bonchev–Trinajstić information content (AvgIpc) is 2.99. The van der Waals surface area contributed by atoms with Crippen molar-refractivity contribution in [1.29, 1.82) is 0 Å². The van der Waals surface area contributed by atoms with Crippen molar-refractivity contribution >= 4 is 34.7 Å². The van der Waals surface area contributed by atoms with E-state index >= 15 is 0 Å². The van der Waals surface area contributed by atoms with Crippen LogP contribution in [0.4, 0.5) is 10.5 Å². The second-order valence-electron chi connectivity index (χ2n) is 4.87. The van der Waals surface area contributed by atoms with Gasteiger partial charge in [0.25, 0.3) is 5.69 Å². The number of fused-ring (bicyclic) bond motifs is 1. The number of ether oxygens (including phenoxy) is 1. The normalized spacial score (nSPS) is 10.8. The number of nitro groups is 1. The molecule has 0 spiro atoms. The zero-order valence-corrected chi connectivity index (χ0v) is 14.0. The van der Waals surface area contributed by atoms with Crippen LogP contribution in [0.1, 0.15) is 12.5 Å². The Morgan fingerprint density at radius 1 is 1.36 bits per heavy atom. The topological polar surface area (TPSA) is 113 Å². The smallest absolute Gasteiger partial charge is 0.421 e. The van der Waals surface area contributed by atoms with Crippen molar-refractivity contribution in [3.05, 3.63) is 52.5 Å². The van der Waals surface area contributed by atoms with Crippen LogP contribution in [-0.2, 0) is 10.5 Å². The van der Waals surface area contributed by atoms with E-state index in [-0.39, 0.29) is 12.3 Å². The molecule has 3 aromatic rings. The van der Waals surface area contributed by atoms with Crippen molar-refractivity contribution in [2.75, 3.05) is 6.61 Å². The van der Waals surface area contributed by atoms with Crippen LogP contribution in [0.3, 0.4) is 0 Å². The molecule has 2 aromatic heterocycles. The van der Waals surface area contributed by atoms with Gasteiger partial charge in [-0.25, -0.2) is 24.3 Å². The molecule has 0 atom stereocenters. The number of hydrogen-bond donors (Lipinski definition) is 0. The van der Waals surface area contributed by atoms with Gasteiger partial charge in [-0.05, 0) is 12.5 Å². The Hall–Kier alpha value is -3.01. The molecule has 128 valence electrons. The summed E-state index contributed by atoms with van der Waals surface area (Å²) in [6.07, 6.45) is 2.30. The minimum absolute atomic E-state index is 0.0304. The largest absolute Gasteiger partial charge is 0.449 e. The summed E-state index contributed by atoms with van der Waals surface area (Å²) in [5, 5.41) is 11.1. The van der Waals surface area contributed by atoms with Gasteiger partial charge in [-0.2, -0.15) is 0 Å². The quantitative estimate of drug-likeness (QED) is 0.388. The molecule has 0 fully saturated rings. The highest BCUT2D eigenvalue weighted by atomic mass is 32.2. The third-order valence-electron chi connectivity index (χ3n) is 3.26. The summed E-state index contributed by atoms with van der Waals surface area (Å²) in [5.41, 5.74) is 1.76. The molecule has 0 aliphatic heterocycles. The lowest BCUT2D eigenvalue weighted by molar-refractivity contribution is -0.384. The van der Waals surface area contributed by atoms with Crippen LogP contribution < -0.4 is 0 Å². The molecule has 0 saturated heterocycles. The van der Waals surface area contributed by atoms with Gasteiger partial charge < -0.3 is 4.74 Å². The van der Waals surface area contributed by atoms with Gasteiger partial charge in [0.05, 0.1) is 17.7 Å². The number of benzene rings is 1. The van der Waals surface area contributed by atoms with E-state index < -0.39 is 11.0 Å². The van der Waals surface area contributed by atoms with E-state index in [1.807, 2.05) is 0 Å². The first kappa shape index (κ1) is 16.8. The molecule has 0 saturated carbocycles. The average molecular weight is 359 g/mol. The van der Waals surface area contributed by atoms with E-state index in [0.29, 0.717) is 22.1 Å². The van der Waals surface area contributed by atoms with Crippen LogP contribution in [0.5, 0.6) is 0 Å². The maximum atomic E-state index is 12.2. The van der Waals surface area contributed by atoms with Crippen molar-refractivity contribution in [1.82, 2.24) is 19.5 Å². The van der Waals surface area contributed by atoms with Gasteiger partial charge in [0, 0.05) is 17.9 Å². The van der Waals surface area contributed by atoms with E-state index in [2.05, 4.69) is 15.0 Å². The standard InChI is InChI=1S/C15H13N5O4S/c1-2-24-15(21)19-13-12(7-16-9-17-13)18-14(19)25-8-10-3-5-11(6-4-10)20(22)23/h3-7,9H,2,8H2,1H3. The molecule has 0 amide bonds. The van der Waals surface area contributed by atoms with Crippen LogP contribution in [-0.4, -0.2) is 37.1 Å². The Morgan fingerprint density at radius 3 is 2.80 bits per heavy atom. The Balaban J connectivity index is 1.86. The maximum absolute atomic E-state index is 12.2. The monoisotopic (exact) mass is 359 g/mol. The molecule has 0 N–H and O–H groups in total. The number of carbonyl (C=O) groups is 1. The highest BCUT2D eigenvalue weighted by molar-refractivity contribution is 7.98. The molecule has 25 heavy (non-hydrogen) atoms. The summed E-state index contributed by atoms with van der Waals surface area (Å²) in [6.45, 7) is 1.95. The molecule has 10 heteroatoms. The molecule has 9 nitrogen and oxygen atoms in total. The number of rotatable bonds is 5. The molecular formula is C15H13N5O4S. The number of thioether (sulfide) groups is 1. The highest BCUT2D eigenvalue weighted by Crippen LogP contribution is 2.26.